The predicted molar refractivity (Wildman–Crippen MR) is 146 cm³/mol. The van der Waals surface area contributed by atoms with Crippen molar-refractivity contribution in [2.24, 2.45) is 17.8 Å². The highest BCUT2D eigenvalue weighted by Gasteiger charge is 2.40. The Kier molecular flexibility index (Phi) is 8.93. The van der Waals surface area contributed by atoms with Crippen molar-refractivity contribution in [3.63, 3.8) is 0 Å². The third kappa shape index (κ3) is 7.64. The van der Waals surface area contributed by atoms with Crippen molar-refractivity contribution in [3.8, 4) is 0 Å². The minimum absolute atomic E-state index is 0.156. The fraction of sp³-hybridized carbons (Fsp3) is 0.594. The average molecular weight is 507 g/mol. The van der Waals surface area contributed by atoms with Gasteiger partial charge in [-0.25, -0.2) is 4.39 Å². The van der Waals surface area contributed by atoms with Crippen molar-refractivity contribution in [2.75, 3.05) is 32.7 Å². The average Bonchev–Trinajstić information content (AvgIpc) is 3.62. The van der Waals surface area contributed by atoms with Crippen LogP contribution in [0.4, 0.5) is 4.39 Å². The lowest BCUT2D eigenvalue weighted by molar-refractivity contribution is -0.139. The molecule has 0 bridgehead atoms. The van der Waals surface area contributed by atoms with Gasteiger partial charge in [-0.3, -0.25) is 9.69 Å². The molecular weight excluding hydrogens is 463 g/mol. The molecule has 3 fully saturated rings. The molecular formula is C32H43FN2O2. The predicted octanol–water partition coefficient (Wildman–Crippen LogP) is 6.22. The molecule has 1 heterocycles. The van der Waals surface area contributed by atoms with Crippen LogP contribution in [0.2, 0.25) is 0 Å². The SMILES string of the molecule is O=C(O)CN(CC1CC1)C1CC(CN2CCC(CCCc3ccc(F)cc3)CC2)C(c2ccccc2)C1. The quantitative estimate of drug-likeness (QED) is 0.371. The molecule has 200 valence electrons. The number of halogens is 1. The lowest BCUT2D eigenvalue weighted by atomic mass is 9.87. The van der Waals surface area contributed by atoms with Crippen LogP contribution in [0.15, 0.2) is 54.6 Å². The lowest BCUT2D eigenvalue weighted by Gasteiger charge is -2.35. The van der Waals surface area contributed by atoms with E-state index in [-0.39, 0.29) is 12.4 Å². The topological polar surface area (TPSA) is 43.8 Å². The highest BCUT2D eigenvalue weighted by atomic mass is 19.1. The second kappa shape index (κ2) is 12.5. The largest absolute Gasteiger partial charge is 0.480 e. The van der Waals surface area contributed by atoms with E-state index in [1.54, 1.807) is 12.1 Å². The zero-order valence-corrected chi connectivity index (χ0v) is 22.1. The van der Waals surface area contributed by atoms with Gasteiger partial charge in [0, 0.05) is 19.1 Å². The van der Waals surface area contributed by atoms with Crippen LogP contribution in [0.5, 0.6) is 0 Å². The van der Waals surface area contributed by atoms with Gasteiger partial charge in [-0.05, 0) is 111 Å². The zero-order chi connectivity index (χ0) is 25.6. The maximum absolute atomic E-state index is 13.1. The Labute approximate surface area is 221 Å². The molecule has 0 spiro atoms. The van der Waals surface area contributed by atoms with Crippen molar-refractivity contribution in [1.29, 1.82) is 0 Å². The van der Waals surface area contributed by atoms with Gasteiger partial charge in [-0.1, -0.05) is 48.9 Å². The number of aryl methyl sites for hydroxylation is 1. The molecule has 1 saturated heterocycles. The summed E-state index contributed by atoms with van der Waals surface area (Å²) in [6.07, 6.45) is 10.7. The number of rotatable bonds is 12. The summed E-state index contributed by atoms with van der Waals surface area (Å²) in [5.41, 5.74) is 2.66. The van der Waals surface area contributed by atoms with E-state index in [2.05, 4.69) is 40.1 Å². The Balaban J connectivity index is 1.14. The summed E-state index contributed by atoms with van der Waals surface area (Å²) in [6.45, 7) is 4.60. The number of carboxylic acid groups (broad SMARTS) is 1. The molecule has 2 saturated carbocycles. The molecule has 0 aromatic heterocycles. The first-order valence-electron chi connectivity index (χ1n) is 14.5. The number of likely N-dealkylation sites (tertiary alicyclic amines) is 1. The molecule has 5 rings (SSSR count). The number of aliphatic carboxylic acids is 1. The number of benzene rings is 2. The van der Waals surface area contributed by atoms with Gasteiger partial charge in [0.25, 0.3) is 0 Å². The van der Waals surface area contributed by atoms with Crippen LogP contribution < -0.4 is 0 Å². The number of hydrogen-bond donors (Lipinski definition) is 1. The van der Waals surface area contributed by atoms with Crippen molar-refractivity contribution < 1.29 is 14.3 Å². The van der Waals surface area contributed by atoms with Crippen LogP contribution in [0.25, 0.3) is 0 Å². The molecule has 5 heteroatoms. The van der Waals surface area contributed by atoms with Gasteiger partial charge in [-0.15, -0.1) is 0 Å². The van der Waals surface area contributed by atoms with Gasteiger partial charge in [0.15, 0.2) is 0 Å². The fourth-order valence-corrected chi connectivity index (χ4v) is 6.89. The summed E-state index contributed by atoms with van der Waals surface area (Å²) >= 11 is 0. The van der Waals surface area contributed by atoms with Crippen molar-refractivity contribution in [3.05, 3.63) is 71.5 Å². The van der Waals surface area contributed by atoms with Gasteiger partial charge in [0.1, 0.15) is 5.82 Å². The summed E-state index contributed by atoms with van der Waals surface area (Å²) in [5.74, 6) is 1.74. The third-order valence-electron chi connectivity index (χ3n) is 9.13. The summed E-state index contributed by atoms with van der Waals surface area (Å²) < 4.78 is 13.1. The number of hydrogen-bond acceptors (Lipinski definition) is 3. The van der Waals surface area contributed by atoms with Crippen LogP contribution in [0.3, 0.4) is 0 Å². The first-order chi connectivity index (χ1) is 18.0. The number of piperidine rings is 1. The second-order valence-corrected chi connectivity index (χ2v) is 11.9. The molecule has 2 aliphatic carbocycles. The molecule has 3 aliphatic rings. The Morgan fingerprint density at radius 1 is 0.946 bits per heavy atom. The van der Waals surface area contributed by atoms with Crippen molar-refractivity contribution >= 4 is 5.97 Å². The smallest absolute Gasteiger partial charge is 0.317 e. The van der Waals surface area contributed by atoms with Gasteiger partial charge in [-0.2, -0.15) is 0 Å². The van der Waals surface area contributed by atoms with E-state index in [1.165, 1.54) is 62.7 Å². The minimum Gasteiger partial charge on any atom is -0.480 e. The van der Waals surface area contributed by atoms with E-state index in [9.17, 15) is 14.3 Å². The summed E-state index contributed by atoms with van der Waals surface area (Å²) in [4.78, 5) is 16.6. The number of nitrogens with zero attached hydrogens (tertiary/aromatic N) is 2. The zero-order valence-electron chi connectivity index (χ0n) is 22.1. The molecule has 3 atom stereocenters. The summed E-state index contributed by atoms with van der Waals surface area (Å²) in [5, 5.41) is 9.58. The third-order valence-corrected chi connectivity index (χ3v) is 9.13. The normalized spacial score (nSPS) is 25.1. The van der Waals surface area contributed by atoms with E-state index in [0.29, 0.717) is 23.8 Å². The Hall–Kier alpha value is -2.24. The van der Waals surface area contributed by atoms with E-state index >= 15 is 0 Å². The van der Waals surface area contributed by atoms with E-state index in [4.69, 9.17) is 0 Å². The molecule has 4 nitrogen and oxygen atoms in total. The molecule has 3 unspecified atom stereocenters. The lowest BCUT2D eigenvalue weighted by Crippen LogP contribution is -2.40. The molecule has 2 aromatic rings. The minimum atomic E-state index is -0.693. The summed E-state index contributed by atoms with van der Waals surface area (Å²) in [6, 6.07) is 18.3. The fourth-order valence-electron chi connectivity index (χ4n) is 6.89. The Morgan fingerprint density at radius 3 is 2.35 bits per heavy atom. The van der Waals surface area contributed by atoms with E-state index in [1.807, 2.05) is 12.1 Å². The van der Waals surface area contributed by atoms with Crippen LogP contribution in [-0.2, 0) is 11.2 Å². The van der Waals surface area contributed by atoms with Gasteiger partial charge >= 0.3 is 5.97 Å². The number of carbonyl (C=O) groups is 1. The van der Waals surface area contributed by atoms with Crippen molar-refractivity contribution in [2.45, 2.75) is 69.7 Å². The Morgan fingerprint density at radius 2 is 1.68 bits per heavy atom. The van der Waals surface area contributed by atoms with Crippen molar-refractivity contribution in [1.82, 2.24) is 9.80 Å². The highest BCUT2D eigenvalue weighted by Crippen LogP contribution is 2.44. The first-order valence-corrected chi connectivity index (χ1v) is 14.5. The highest BCUT2D eigenvalue weighted by molar-refractivity contribution is 5.69. The van der Waals surface area contributed by atoms with Gasteiger partial charge < -0.3 is 10.0 Å². The molecule has 0 amide bonds. The first kappa shape index (κ1) is 26.4. The summed E-state index contributed by atoms with van der Waals surface area (Å²) in [7, 11) is 0. The molecule has 0 radical (unpaired) electrons. The van der Waals surface area contributed by atoms with E-state index < -0.39 is 5.97 Å². The molecule has 1 N–H and O–H groups in total. The maximum Gasteiger partial charge on any atom is 0.317 e. The van der Waals surface area contributed by atoms with Crippen LogP contribution in [-0.4, -0.2) is 59.6 Å². The van der Waals surface area contributed by atoms with Gasteiger partial charge in [0.05, 0.1) is 6.54 Å². The second-order valence-electron chi connectivity index (χ2n) is 11.9. The maximum atomic E-state index is 13.1. The molecule has 37 heavy (non-hydrogen) atoms. The molecule has 2 aromatic carbocycles. The monoisotopic (exact) mass is 506 g/mol. The van der Waals surface area contributed by atoms with Gasteiger partial charge in [0.2, 0.25) is 0 Å². The molecule has 1 aliphatic heterocycles. The Bertz CT molecular complexity index is 986. The van der Waals surface area contributed by atoms with Crippen LogP contribution >= 0.6 is 0 Å². The van der Waals surface area contributed by atoms with Crippen LogP contribution in [0, 0.1) is 23.6 Å². The number of carboxylic acids is 1. The van der Waals surface area contributed by atoms with E-state index in [0.717, 1.165) is 38.3 Å². The standard InChI is InChI=1S/C32H43FN2O2/c33-29-13-11-24(12-14-29)5-4-6-25-15-17-34(18-16-25)22-28-19-30(20-31(28)27-7-2-1-3-8-27)35(23-32(36)37)21-26-9-10-26/h1-3,7-8,11-14,25-26,28,30-31H,4-6,9-10,15-23H2,(H,36,37). The van der Waals surface area contributed by atoms with Crippen LogP contribution in [0.1, 0.15) is 68.4 Å².